The van der Waals surface area contributed by atoms with Crippen molar-refractivity contribution in [2.24, 2.45) is 0 Å². The topological polar surface area (TPSA) is 59.7 Å². The van der Waals surface area contributed by atoms with Gasteiger partial charge in [0.1, 0.15) is 23.3 Å². The summed E-state index contributed by atoms with van der Waals surface area (Å²) in [5.41, 5.74) is 1.08. The Morgan fingerprint density at radius 1 is 1.00 bits per heavy atom. The summed E-state index contributed by atoms with van der Waals surface area (Å²) in [7, 11) is 0. The fourth-order valence-corrected chi connectivity index (χ4v) is 3.83. The normalized spacial score (nSPS) is 21.8. The maximum Gasteiger partial charge on any atom is 0.147 e. The van der Waals surface area contributed by atoms with Crippen LogP contribution in [0.4, 0.5) is 5.82 Å². The number of aryl methyl sites for hydroxylation is 3. The smallest absolute Gasteiger partial charge is 0.147 e. The van der Waals surface area contributed by atoms with Crippen molar-refractivity contribution < 1.29 is 0 Å². The third-order valence-corrected chi connectivity index (χ3v) is 5.30. The summed E-state index contributed by atoms with van der Waals surface area (Å²) in [6.07, 6.45) is 6.10. The highest BCUT2D eigenvalue weighted by molar-refractivity contribution is 5.41. The number of piperidine rings is 1. The van der Waals surface area contributed by atoms with Crippen LogP contribution in [-0.4, -0.2) is 37.8 Å². The summed E-state index contributed by atoms with van der Waals surface area (Å²) in [5.74, 6) is 4.57. The molecule has 0 aromatic carbocycles. The van der Waals surface area contributed by atoms with Crippen molar-refractivity contribution in [3.8, 4) is 0 Å². The Kier molecular flexibility index (Phi) is 3.98. The Balaban J connectivity index is 1.57. The first-order valence-corrected chi connectivity index (χ1v) is 9.10. The lowest BCUT2D eigenvalue weighted by atomic mass is 9.85. The van der Waals surface area contributed by atoms with Crippen molar-refractivity contribution in [1.29, 1.82) is 0 Å². The molecule has 1 saturated heterocycles. The number of rotatable bonds is 3. The molecule has 2 aromatic heterocycles. The molecule has 0 spiro atoms. The molecule has 1 unspecified atom stereocenters. The van der Waals surface area contributed by atoms with Crippen LogP contribution in [0.3, 0.4) is 0 Å². The first kappa shape index (κ1) is 15.5. The molecule has 0 radical (unpaired) electrons. The van der Waals surface area contributed by atoms with Crippen molar-refractivity contribution in [2.75, 3.05) is 18.0 Å². The second-order valence-corrected chi connectivity index (χ2v) is 7.25. The maximum absolute atomic E-state index is 4.90. The van der Waals surface area contributed by atoms with Crippen molar-refractivity contribution in [2.45, 2.75) is 64.8 Å². The molecule has 1 saturated carbocycles. The van der Waals surface area contributed by atoms with Gasteiger partial charge in [0, 0.05) is 30.8 Å². The minimum absolute atomic E-state index is 0.377. The van der Waals surface area contributed by atoms with Crippen LogP contribution in [0.25, 0.3) is 0 Å². The van der Waals surface area contributed by atoms with Crippen LogP contribution in [0.15, 0.2) is 6.07 Å². The van der Waals surface area contributed by atoms with E-state index < -0.39 is 0 Å². The zero-order chi connectivity index (χ0) is 16.7. The minimum Gasteiger partial charge on any atom is -0.354 e. The van der Waals surface area contributed by atoms with Gasteiger partial charge in [0.25, 0.3) is 0 Å². The number of aromatic nitrogens is 5. The van der Waals surface area contributed by atoms with Gasteiger partial charge in [0.2, 0.25) is 0 Å². The SMILES string of the molecule is Cc1cc(N2CCCC(n3nc(C)nc3C)C2)nc(C2CCC2)n1. The largest absolute Gasteiger partial charge is 0.354 e. The molecule has 4 rings (SSSR count). The Labute approximate surface area is 143 Å². The monoisotopic (exact) mass is 326 g/mol. The van der Waals surface area contributed by atoms with Crippen LogP contribution in [0, 0.1) is 20.8 Å². The number of nitrogens with zero attached hydrogens (tertiary/aromatic N) is 6. The van der Waals surface area contributed by atoms with Crippen molar-refractivity contribution in [3.05, 3.63) is 29.2 Å². The molecular weight excluding hydrogens is 300 g/mol. The van der Waals surface area contributed by atoms with Gasteiger partial charge in [-0.3, -0.25) is 0 Å². The Bertz CT molecular complexity index is 733. The molecule has 2 aliphatic rings. The molecule has 2 aromatic rings. The highest BCUT2D eigenvalue weighted by Gasteiger charge is 2.27. The molecule has 0 amide bonds. The van der Waals surface area contributed by atoms with Crippen LogP contribution in [0.1, 0.15) is 67.2 Å². The predicted molar refractivity (Wildman–Crippen MR) is 93.3 cm³/mol. The van der Waals surface area contributed by atoms with E-state index in [-0.39, 0.29) is 0 Å². The number of hydrogen-bond donors (Lipinski definition) is 0. The summed E-state index contributed by atoms with van der Waals surface area (Å²) < 4.78 is 2.10. The molecule has 1 aliphatic heterocycles. The van der Waals surface area contributed by atoms with Gasteiger partial charge in [0.05, 0.1) is 6.04 Å². The van der Waals surface area contributed by atoms with Crippen molar-refractivity contribution in [1.82, 2.24) is 24.7 Å². The summed E-state index contributed by atoms with van der Waals surface area (Å²) >= 11 is 0. The van der Waals surface area contributed by atoms with Gasteiger partial charge in [-0.1, -0.05) is 6.42 Å². The standard InChI is InChI=1S/C18H26N6/c1-12-10-17(21-18(19-12)15-6-4-7-15)23-9-5-8-16(11-23)24-14(3)20-13(2)22-24/h10,15-16H,4-9,11H2,1-3H3. The molecule has 6 nitrogen and oxygen atoms in total. The Hall–Kier alpha value is -1.98. The average Bonchev–Trinajstić information content (AvgIpc) is 2.84. The molecule has 24 heavy (non-hydrogen) atoms. The summed E-state index contributed by atoms with van der Waals surface area (Å²) in [4.78, 5) is 16.5. The van der Waals surface area contributed by atoms with E-state index in [2.05, 4.69) is 37.6 Å². The van der Waals surface area contributed by atoms with Crippen LogP contribution >= 0.6 is 0 Å². The molecule has 3 heterocycles. The third-order valence-electron chi connectivity index (χ3n) is 5.30. The van der Waals surface area contributed by atoms with E-state index in [9.17, 15) is 0 Å². The van der Waals surface area contributed by atoms with Gasteiger partial charge < -0.3 is 4.90 Å². The zero-order valence-electron chi connectivity index (χ0n) is 14.9. The van der Waals surface area contributed by atoms with Crippen molar-refractivity contribution >= 4 is 5.82 Å². The first-order valence-electron chi connectivity index (χ1n) is 9.10. The second kappa shape index (κ2) is 6.15. The lowest BCUT2D eigenvalue weighted by molar-refractivity contribution is 0.365. The first-order chi connectivity index (χ1) is 11.6. The molecule has 128 valence electrons. The summed E-state index contributed by atoms with van der Waals surface area (Å²) in [5, 5.41) is 4.59. The van der Waals surface area contributed by atoms with E-state index in [4.69, 9.17) is 4.98 Å². The fraction of sp³-hybridized carbons (Fsp3) is 0.667. The number of hydrogen-bond acceptors (Lipinski definition) is 5. The van der Waals surface area contributed by atoms with E-state index >= 15 is 0 Å². The number of anilines is 1. The Morgan fingerprint density at radius 3 is 2.50 bits per heavy atom. The molecule has 2 fully saturated rings. The molecule has 0 N–H and O–H groups in total. The summed E-state index contributed by atoms with van der Waals surface area (Å²) in [6, 6.07) is 2.51. The van der Waals surface area contributed by atoms with E-state index in [0.717, 1.165) is 54.9 Å². The van der Waals surface area contributed by atoms with E-state index in [1.165, 1.54) is 19.3 Å². The van der Waals surface area contributed by atoms with E-state index in [1.807, 2.05) is 13.8 Å². The van der Waals surface area contributed by atoms with Gasteiger partial charge >= 0.3 is 0 Å². The lowest BCUT2D eigenvalue weighted by Crippen LogP contribution is -2.38. The van der Waals surface area contributed by atoms with Gasteiger partial charge in [-0.15, -0.1) is 0 Å². The van der Waals surface area contributed by atoms with Crippen LogP contribution in [-0.2, 0) is 0 Å². The zero-order valence-corrected chi connectivity index (χ0v) is 14.9. The molecule has 1 atom stereocenters. The Morgan fingerprint density at radius 2 is 1.83 bits per heavy atom. The van der Waals surface area contributed by atoms with Crippen molar-refractivity contribution in [3.63, 3.8) is 0 Å². The van der Waals surface area contributed by atoms with Crippen LogP contribution in [0.5, 0.6) is 0 Å². The minimum atomic E-state index is 0.377. The predicted octanol–water partition coefficient (Wildman–Crippen LogP) is 3.10. The quantitative estimate of drug-likeness (QED) is 0.867. The van der Waals surface area contributed by atoms with Crippen LogP contribution in [0.2, 0.25) is 0 Å². The van der Waals surface area contributed by atoms with E-state index in [1.54, 1.807) is 0 Å². The second-order valence-electron chi connectivity index (χ2n) is 7.25. The molecule has 0 bridgehead atoms. The van der Waals surface area contributed by atoms with Gasteiger partial charge in [-0.2, -0.15) is 5.10 Å². The molecular formula is C18H26N6. The summed E-state index contributed by atoms with van der Waals surface area (Å²) in [6.45, 7) is 8.10. The van der Waals surface area contributed by atoms with Gasteiger partial charge in [-0.25, -0.2) is 19.6 Å². The van der Waals surface area contributed by atoms with Gasteiger partial charge in [0.15, 0.2) is 0 Å². The highest BCUT2D eigenvalue weighted by Crippen LogP contribution is 2.35. The molecule has 1 aliphatic carbocycles. The fourth-order valence-electron chi connectivity index (χ4n) is 3.83. The molecule has 6 heteroatoms. The third kappa shape index (κ3) is 2.89. The maximum atomic E-state index is 4.90. The lowest BCUT2D eigenvalue weighted by Gasteiger charge is -2.34. The van der Waals surface area contributed by atoms with Crippen LogP contribution < -0.4 is 4.90 Å². The average molecular weight is 326 g/mol. The van der Waals surface area contributed by atoms with Gasteiger partial charge in [-0.05, 0) is 46.5 Å². The highest BCUT2D eigenvalue weighted by atomic mass is 15.4. The van der Waals surface area contributed by atoms with E-state index in [0.29, 0.717) is 12.0 Å².